The van der Waals surface area contributed by atoms with E-state index >= 15 is 0 Å². The molecule has 0 heterocycles. The maximum Gasteiger partial charge on any atom is 0.316 e. The molecule has 0 aliphatic carbocycles. The third kappa shape index (κ3) is 5.66. The van der Waals surface area contributed by atoms with Gasteiger partial charge in [0.25, 0.3) is 5.91 Å². The van der Waals surface area contributed by atoms with Crippen LogP contribution in [-0.2, 0) is 14.3 Å². The van der Waals surface area contributed by atoms with Crippen LogP contribution in [0.1, 0.15) is 16.7 Å². The van der Waals surface area contributed by atoms with E-state index in [9.17, 15) is 9.59 Å². The molecule has 0 aliphatic rings. The topological polar surface area (TPSA) is 55.4 Å². The molecule has 0 saturated heterocycles. The molecule has 0 radical (unpaired) electrons. The molecule has 0 spiro atoms. The zero-order valence-electron chi connectivity index (χ0n) is 14.7. The predicted molar refractivity (Wildman–Crippen MR) is 107 cm³/mol. The summed E-state index contributed by atoms with van der Waals surface area (Å²) in [5, 5.41) is 3.27. The summed E-state index contributed by atoms with van der Waals surface area (Å²) in [5.41, 5.74) is 3.32. The summed E-state index contributed by atoms with van der Waals surface area (Å²) in [6.07, 6.45) is 0. The van der Waals surface area contributed by atoms with Crippen LogP contribution in [0.3, 0.4) is 0 Å². The largest absolute Gasteiger partial charge is 0.455 e. The first-order chi connectivity index (χ1) is 12.3. The second kappa shape index (κ2) is 9.31. The van der Waals surface area contributed by atoms with Gasteiger partial charge in [-0.1, -0.05) is 47.0 Å². The Morgan fingerprint density at radius 1 is 1.08 bits per heavy atom. The van der Waals surface area contributed by atoms with Crippen LogP contribution in [0.25, 0.3) is 0 Å². The maximum absolute atomic E-state index is 12.0. The number of amides is 1. The van der Waals surface area contributed by atoms with Crippen molar-refractivity contribution in [2.45, 2.75) is 25.7 Å². The Bertz CT molecular complexity index is 840. The number of esters is 1. The minimum Gasteiger partial charge on any atom is -0.455 e. The van der Waals surface area contributed by atoms with Crippen LogP contribution >= 0.6 is 35.0 Å². The SMILES string of the molecule is Cc1ccc(C)c(SCC(=O)OCC(=O)Nc2c(Cl)ccc(C)c2Cl)c1. The van der Waals surface area contributed by atoms with Crippen LogP contribution in [-0.4, -0.2) is 24.2 Å². The number of ether oxygens (including phenoxy) is 1. The molecule has 1 N–H and O–H groups in total. The van der Waals surface area contributed by atoms with Gasteiger partial charge in [0.15, 0.2) is 6.61 Å². The number of benzene rings is 2. The minimum absolute atomic E-state index is 0.129. The van der Waals surface area contributed by atoms with Gasteiger partial charge in [-0.2, -0.15) is 0 Å². The fraction of sp³-hybridized carbons (Fsp3) is 0.263. The number of rotatable bonds is 6. The molecule has 4 nitrogen and oxygen atoms in total. The van der Waals surface area contributed by atoms with Gasteiger partial charge in [0.1, 0.15) is 0 Å². The first-order valence-electron chi connectivity index (χ1n) is 7.88. The van der Waals surface area contributed by atoms with Crippen LogP contribution < -0.4 is 5.32 Å². The number of anilines is 1. The Morgan fingerprint density at radius 2 is 1.77 bits per heavy atom. The molecule has 7 heteroatoms. The highest BCUT2D eigenvalue weighted by atomic mass is 35.5. The van der Waals surface area contributed by atoms with E-state index < -0.39 is 18.5 Å². The van der Waals surface area contributed by atoms with Crippen molar-refractivity contribution in [3.63, 3.8) is 0 Å². The van der Waals surface area contributed by atoms with Crippen molar-refractivity contribution >= 4 is 52.5 Å². The van der Waals surface area contributed by atoms with Crippen LogP contribution in [0.4, 0.5) is 5.69 Å². The summed E-state index contributed by atoms with van der Waals surface area (Å²) < 4.78 is 5.02. The molecule has 0 unspecified atom stereocenters. The van der Waals surface area contributed by atoms with Crippen LogP contribution in [0.2, 0.25) is 10.0 Å². The molecule has 0 bridgehead atoms. The van der Waals surface area contributed by atoms with Gasteiger partial charge in [0, 0.05) is 4.90 Å². The molecule has 0 aromatic heterocycles. The van der Waals surface area contributed by atoms with E-state index in [1.807, 2.05) is 32.0 Å². The molecule has 2 aromatic carbocycles. The predicted octanol–water partition coefficient (Wildman–Crippen LogP) is 5.19. The normalized spacial score (nSPS) is 10.5. The van der Waals surface area contributed by atoms with Gasteiger partial charge in [-0.05, 0) is 44.0 Å². The third-order valence-corrected chi connectivity index (χ3v) is 5.53. The molecule has 0 atom stereocenters. The van der Waals surface area contributed by atoms with Crippen molar-refractivity contribution < 1.29 is 14.3 Å². The highest BCUT2D eigenvalue weighted by Crippen LogP contribution is 2.32. The Balaban J connectivity index is 1.85. The zero-order chi connectivity index (χ0) is 19.3. The molecule has 138 valence electrons. The van der Waals surface area contributed by atoms with Crippen molar-refractivity contribution in [2.24, 2.45) is 0 Å². The number of thioether (sulfide) groups is 1. The van der Waals surface area contributed by atoms with Crippen molar-refractivity contribution in [1.82, 2.24) is 0 Å². The molecule has 1 amide bonds. The van der Waals surface area contributed by atoms with E-state index in [1.54, 1.807) is 19.1 Å². The Hall–Kier alpha value is -1.69. The van der Waals surface area contributed by atoms with Crippen molar-refractivity contribution in [1.29, 1.82) is 0 Å². The summed E-state index contributed by atoms with van der Waals surface area (Å²) in [6.45, 7) is 5.38. The molecule has 0 aliphatic heterocycles. The third-order valence-electron chi connectivity index (χ3n) is 3.60. The van der Waals surface area contributed by atoms with E-state index in [0.717, 1.165) is 21.6 Å². The summed E-state index contributed by atoms with van der Waals surface area (Å²) in [7, 11) is 0. The van der Waals surface area contributed by atoms with E-state index in [0.29, 0.717) is 15.7 Å². The summed E-state index contributed by atoms with van der Waals surface area (Å²) in [6, 6.07) is 9.44. The number of hydrogen-bond acceptors (Lipinski definition) is 4. The Morgan fingerprint density at radius 3 is 2.50 bits per heavy atom. The summed E-state index contributed by atoms with van der Waals surface area (Å²) in [4.78, 5) is 24.9. The second-order valence-electron chi connectivity index (χ2n) is 5.82. The molecular formula is C19H19Cl2NO3S. The average Bonchev–Trinajstić information content (AvgIpc) is 2.61. The van der Waals surface area contributed by atoms with Gasteiger partial charge >= 0.3 is 5.97 Å². The average molecular weight is 412 g/mol. The number of nitrogens with one attached hydrogen (secondary N) is 1. The van der Waals surface area contributed by atoms with Gasteiger partial charge in [-0.3, -0.25) is 9.59 Å². The first kappa shape index (κ1) is 20.6. The first-order valence-corrected chi connectivity index (χ1v) is 9.62. The van der Waals surface area contributed by atoms with E-state index in [2.05, 4.69) is 5.32 Å². The van der Waals surface area contributed by atoms with E-state index in [1.165, 1.54) is 11.8 Å². The standard InChI is InChI=1S/C19H19Cl2NO3S/c1-11-4-5-12(2)15(8-11)26-10-17(24)25-9-16(23)22-19-14(20)7-6-13(3)18(19)21/h4-8H,9-10H2,1-3H3,(H,22,23). The van der Waals surface area contributed by atoms with Gasteiger partial charge in [-0.25, -0.2) is 0 Å². The maximum atomic E-state index is 12.0. The Kier molecular flexibility index (Phi) is 7.38. The highest BCUT2D eigenvalue weighted by molar-refractivity contribution is 8.00. The van der Waals surface area contributed by atoms with Crippen molar-refractivity contribution in [3.05, 3.63) is 57.1 Å². The summed E-state index contributed by atoms with van der Waals surface area (Å²) in [5.74, 6) is -0.833. The van der Waals surface area contributed by atoms with Crippen LogP contribution in [0.5, 0.6) is 0 Å². The number of hydrogen-bond donors (Lipinski definition) is 1. The van der Waals surface area contributed by atoms with Gasteiger partial charge in [-0.15, -0.1) is 11.8 Å². The van der Waals surface area contributed by atoms with Crippen LogP contribution in [0, 0.1) is 20.8 Å². The fourth-order valence-electron chi connectivity index (χ4n) is 2.13. The fourth-order valence-corrected chi connectivity index (χ4v) is 3.52. The molecular weight excluding hydrogens is 393 g/mol. The number of carbonyl (C=O) groups excluding carboxylic acids is 2. The molecule has 0 fully saturated rings. The lowest BCUT2D eigenvalue weighted by Crippen LogP contribution is -2.22. The number of carbonyl (C=O) groups is 2. The smallest absolute Gasteiger partial charge is 0.316 e. The Labute approximate surface area is 167 Å². The minimum atomic E-state index is -0.496. The van der Waals surface area contributed by atoms with E-state index in [4.69, 9.17) is 27.9 Å². The van der Waals surface area contributed by atoms with Gasteiger partial charge in [0.05, 0.1) is 21.5 Å². The lowest BCUT2D eigenvalue weighted by Gasteiger charge is -2.11. The van der Waals surface area contributed by atoms with Crippen molar-refractivity contribution in [3.8, 4) is 0 Å². The molecule has 0 saturated carbocycles. The lowest BCUT2D eigenvalue weighted by atomic mass is 10.2. The lowest BCUT2D eigenvalue weighted by molar-refractivity contribution is -0.144. The van der Waals surface area contributed by atoms with E-state index in [-0.39, 0.29) is 5.75 Å². The summed E-state index contributed by atoms with van der Waals surface area (Å²) >= 11 is 13.6. The van der Waals surface area contributed by atoms with Gasteiger partial charge < -0.3 is 10.1 Å². The second-order valence-corrected chi connectivity index (χ2v) is 7.62. The number of aryl methyl sites for hydroxylation is 3. The quantitative estimate of drug-likeness (QED) is 0.524. The van der Waals surface area contributed by atoms with Gasteiger partial charge in [0.2, 0.25) is 0 Å². The number of halogens is 2. The monoisotopic (exact) mass is 411 g/mol. The van der Waals surface area contributed by atoms with Crippen LogP contribution in [0.15, 0.2) is 35.2 Å². The molecule has 2 rings (SSSR count). The van der Waals surface area contributed by atoms with Crippen molar-refractivity contribution in [2.75, 3.05) is 17.7 Å². The zero-order valence-corrected chi connectivity index (χ0v) is 17.0. The molecule has 2 aromatic rings. The molecule has 26 heavy (non-hydrogen) atoms. The highest BCUT2D eigenvalue weighted by Gasteiger charge is 2.14.